The lowest BCUT2D eigenvalue weighted by atomic mass is 10.0. The topological polar surface area (TPSA) is 66.5 Å². The predicted molar refractivity (Wildman–Crippen MR) is 109 cm³/mol. The van der Waals surface area contributed by atoms with Crippen LogP contribution in [0.25, 0.3) is 0 Å². The quantitative estimate of drug-likeness (QED) is 0.761. The summed E-state index contributed by atoms with van der Waals surface area (Å²) in [5.74, 6) is -0.363. The zero-order valence-electron chi connectivity index (χ0n) is 16.0. The van der Waals surface area contributed by atoms with E-state index in [0.717, 1.165) is 21.7 Å². The molecule has 0 radical (unpaired) electrons. The molecule has 146 valence electrons. The number of carbonyl (C=O) groups is 1. The van der Waals surface area contributed by atoms with Crippen LogP contribution in [0.5, 0.6) is 0 Å². The molecule has 27 heavy (non-hydrogen) atoms. The lowest BCUT2D eigenvalue weighted by molar-refractivity contribution is -0.122. The Hall–Kier alpha value is -1.89. The Labute approximate surface area is 166 Å². The van der Waals surface area contributed by atoms with E-state index in [1.165, 1.54) is 5.56 Å². The average molecular weight is 409 g/mol. The van der Waals surface area contributed by atoms with Crippen LogP contribution < -0.4 is 5.32 Å². The third-order valence-corrected chi connectivity index (χ3v) is 6.07. The highest BCUT2D eigenvalue weighted by atomic mass is 35.5. The first-order valence-corrected chi connectivity index (χ1v) is 10.9. The van der Waals surface area contributed by atoms with Crippen molar-refractivity contribution in [2.75, 3.05) is 12.8 Å². The summed E-state index contributed by atoms with van der Waals surface area (Å²) in [5.41, 5.74) is 3.95. The number of amides is 1. The third-order valence-electron chi connectivity index (χ3n) is 4.50. The number of rotatable bonds is 7. The molecule has 0 unspecified atom stereocenters. The second-order valence-corrected chi connectivity index (χ2v) is 9.14. The summed E-state index contributed by atoms with van der Waals surface area (Å²) in [7, 11) is -3.57. The van der Waals surface area contributed by atoms with Crippen molar-refractivity contribution in [1.82, 2.24) is 9.62 Å². The van der Waals surface area contributed by atoms with Crippen LogP contribution in [0, 0.1) is 13.8 Å². The van der Waals surface area contributed by atoms with Gasteiger partial charge in [-0.05, 0) is 49.1 Å². The lowest BCUT2D eigenvalue weighted by Gasteiger charge is -2.22. The second-order valence-electron chi connectivity index (χ2n) is 6.76. The minimum Gasteiger partial charge on any atom is -0.348 e. The molecule has 2 aromatic carbocycles. The van der Waals surface area contributed by atoms with Crippen LogP contribution in [0.4, 0.5) is 0 Å². The molecule has 0 bridgehead atoms. The summed E-state index contributed by atoms with van der Waals surface area (Å²) in [5, 5.41) is 3.34. The van der Waals surface area contributed by atoms with E-state index in [0.29, 0.717) is 10.6 Å². The van der Waals surface area contributed by atoms with Crippen molar-refractivity contribution >= 4 is 27.5 Å². The van der Waals surface area contributed by atoms with E-state index in [1.54, 1.807) is 24.3 Å². The minimum atomic E-state index is -3.57. The number of benzene rings is 2. The lowest BCUT2D eigenvalue weighted by Crippen LogP contribution is -2.40. The molecule has 0 saturated carbocycles. The average Bonchev–Trinajstić information content (AvgIpc) is 2.57. The Morgan fingerprint density at radius 3 is 2.41 bits per heavy atom. The van der Waals surface area contributed by atoms with E-state index in [9.17, 15) is 13.2 Å². The van der Waals surface area contributed by atoms with E-state index < -0.39 is 10.0 Å². The zero-order valence-corrected chi connectivity index (χ0v) is 17.6. The van der Waals surface area contributed by atoms with Gasteiger partial charge in [0.05, 0.1) is 18.8 Å². The zero-order chi connectivity index (χ0) is 20.2. The molecule has 0 aromatic heterocycles. The molecular formula is C20H25ClN2O3S. The van der Waals surface area contributed by atoms with Crippen LogP contribution in [0.15, 0.2) is 42.5 Å². The van der Waals surface area contributed by atoms with E-state index >= 15 is 0 Å². The van der Waals surface area contributed by atoms with Gasteiger partial charge in [0.1, 0.15) is 0 Å². The van der Waals surface area contributed by atoms with E-state index in [-0.39, 0.29) is 25.0 Å². The Balaban J connectivity index is 2.09. The molecule has 1 N–H and O–H groups in total. The molecule has 0 aliphatic heterocycles. The number of sulfonamides is 1. The Bertz CT molecular complexity index is 929. The number of nitrogens with zero attached hydrogens (tertiary/aromatic N) is 1. The van der Waals surface area contributed by atoms with Gasteiger partial charge in [-0.15, -0.1) is 0 Å². The molecule has 0 saturated heterocycles. The first-order valence-electron chi connectivity index (χ1n) is 8.63. The van der Waals surface area contributed by atoms with Crippen molar-refractivity contribution in [3.05, 3.63) is 69.7 Å². The highest BCUT2D eigenvalue weighted by molar-refractivity contribution is 7.88. The molecule has 0 spiro atoms. The fourth-order valence-electron chi connectivity index (χ4n) is 2.67. The first-order chi connectivity index (χ1) is 12.6. The Morgan fingerprint density at radius 2 is 1.81 bits per heavy atom. The number of halogens is 1. The first kappa shape index (κ1) is 21.4. The van der Waals surface area contributed by atoms with Gasteiger partial charge in [0.15, 0.2) is 0 Å². The van der Waals surface area contributed by atoms with E-state index in [1.807, 2.05) is 39.0 Å². The van der Waals surface area contributed by atoms with Crippen molar-refractivity contribution in [2.45, 2.75) is 33.4 Å². The smallest absolute Gasteiger partial charge is 0.235 e. The van der Waals surface area contributed by atoms with Crippen molar-refractivity contribution in [2.24, 2.45) is 0 Å². The SMILES string of the molecule is Cc1ccc([C@H](C)NC(=O)CN(Cc2ccccc2Cl)S(C)(=O)=O)cc1C. The fraction of sp³-hybridized carbons (Fsp3) is 0.350. The summed E-state index contributed by atoms with van der Waals surface area (Å²) in [6, 6.07) is 12.8. The summed E-state index contributed by atoms with van der Waals surface area (Å²) in [6.45, 7) is 5.70. The van der Waals surface area contributed by atoms with E-state index in [2.05, 4.69) is 5.32 Å². The van der Waals surface area contributed by atoms with E-state index in [4.69, 9.17) is 11.6 Å². The molecule has 2 aromatic rings. The van der Waals surface area contributed by atoms with Gasteiger partial charge >= 0.3 is 0 Å². The van der Waals surface area contributed by atoms with Gasteiger partial charge in [-0.25, -0.2) is 8.42 Å². The fourth-order valence-corrected chi connectivity index (χ4v) is 3.59. The van der Waals surface area contributed by atoms with Crippen molar-refractivity contribution in [3.63, 3.8) is 0 Å². The molecule has 1 atom stereocenters. The van der Waals surface area contributed by atoms with Crippen LogP contribution in [-0.2, 0) is 21.4 Å². The molecule has 2 rings (SSSR count). The number of nitrogens with one attached hydrogen (secondary N) is 1. The van der Waals surface area contributed by atoms with Crippen molar-refractivity contribution in [1.29, 1.82) is 0 Å². The predicted octanol–water partition coefficient (Wildman–Crippen LogP) is 3.60. The molecule has 7 heteroatoms. The maximum Gasteiger partial charge on any atom is 0.235 e. The minimum absolute atomic E-state index is 0.0456. The largest absolute Gasteiger partial charge is 0.348 e. The number of hydrogen-bond donors (Lipinski definition) is 1. The molecule has 0 fully saturated rings. The summed E-state index contributed by atoms with van der Waals surface area (Å²) in [6.07, 6.45) is 1.09. The van der Waals surface area contributed by atoms with Crippen LogP contribution in [0.3, 0.4) is 0 Å². The highest BCUT2D eigenvalue weighted by Crippen LogP contribution is 2.19. The number of aryl methyl sites for hydroxylation is 2. The standard InChI is InChI=1S/C20H25ClN2O3S/c1-14-9-10-17(11-15(14)2)16(3)22-20(24)13-23(27(4,25)26)12-18-7-5-6-8-19(18)21/h5-11,16H,12-13H2,1-4H3,(H,22,24)/t16-/m0/s1. The maximum atomic E-state index is 12.5. The molecule has 0 aliphatic carbocycles. The molecule has 0 aliphatic rings. The summed E-state index contributed by atoms with van der Waals surface area (Å²) < 4.78 is 25.4. The Kier molecular flexibility index (Phi) is 7.03. The van der Waals surface area contributed by atoms with Crippen LogP contribution >= 0.6 is 11.6 Å². The summed E-state index contributed by atoms with van der Waals surface area (Å²) in [4.78, 5) is 12.5. The van der Waals surface area contributed by atoms with Crippen molar-refractivity contribution < 1.29 is 13.2 Å². The van der Waals surface area contributed by atoms with Gasteiger partial charge in [0, 0.05) is 11.6 Å². The van der Waals surface area contributed by atoms with Gasteiger partial charge in [0.2, 0.25) is 15.9 Å². The van der Waals surface area contributed by atoms with Gasteiger partial charge in [-0.3, -0.25) is 4.79 Å². The van der Waals surface area contributed by atoms with Crippen LogP contribution in [0.1, 0.15) is 35.2 Å². The second kappa shape index (κ2) is 8.87. The molecule has 1 amide bonds. The maximum absolute atomic E-state index is 12.5. The van der Waals surface area contributed by atoms with Crippen LogP contribution in [0.2, 0.25) is 5.02 Å². The number of carbonyl (C=O) groups excluding carboxylic acids is 1. The van der Waals surface area contributed by atoms with Gasteiger partial charge in [0.25, 0.3) is 0 Å². The highest BCUT2D eigenvalue weighted by Gasteiger charge is 2.22. The van der Waals surface area contributed by atoms with Gasteiger partial charge in [-0.1, -0.05) is 48.0 Å². The number of hydrogen-bond acceptors (Lipinski definition) is 3. The van der Waals surface area contributed by atoms with Gasteiger partial charge in [-0.2, -0.15) is 4.31 Å². The summed E-state index contributed by atoms with van der Waals surface area (Å²) >= 11 is 6.12. The molecule has 0 heterocycles. The molecule has 5 nitrogen and oxygen atoms in total. The normalized spacial score (nSPS) is 12.8. The Morgan fingerprint density at radius 1 is 1.15 bits per heavy atom. The monoisotopic (exact) mass is 408 g/mol. The molecular weight excluding hydrogens is 384 g/mol. The van der Waals surface area contributed by atoms with Crippen molar-refractivity contribution in [3.8, 4) is 0 Å². The van der Waals surface area contributed by atoms with Gasteiger partial charge < -0.3 is 5.32 Å². The van der Waals surface area contributed by atoms with Crippen LogP contribution in [-0.4, -0.2) is 31.4 Å². The third kappa shape index (κ3) is 6.06.